The molecule has 0 saturated carbocycles. The zero-order valence-corrected chi connectivity index (χ0v) is 6.90. The van der Waals surface area contributed by atoms with Crippen molar-refractivity contribution in [2.45, 2.75) is 19.9 Å². The van der Waals surface area contributed by atoms with Gasteiger partial charge >= 0.3 is 0 Å². The van der Waals surface area contributed by atoms with Crippen molar-refractivity contribution < 1.29 is 9.63 Å². The third-order valence-corrected chi connectivity index (χ3v) is 1.61. The van der Waals surface area contributed by atoms with E-state index in [9.17, 15) is 0 Å². The van der Waals surface area contributed by atoms with Crippen LogP contribution in [-0.4, -0.2) is 23.4 Å². The van der Waals surface area contributed by atoms with Gasteiger partial charge in [-0.15, -0.1) is 0 Å². The van der Waals surface area contributed by atoms with Gasteiger partial charge in [0.15, 0.2) is 0 Å². The molecule has 62 valence electrons. The molecule has 0 aliphatic rings. The standard InChI is InChI=1S/C7H12N2O2/c1-5(2)9(3)7-4-6(10)8-11-7/h4-5H,1-3H3,(H,8,10). The van der Waals surface area contributed by atoms with E-state index in [1.54, 1.807) is 0 Å². The topological polar surface area (TPSA) is 49.5 Å². The summed E-state index contributed by atoms with van der Waals surface area (Å²) in [6, 6.07) is 1.82. The second-order valence-corrected chi connectivity index (χ2v) is 2.73. The molecule has 11 heavy (non-hydrogen) atoms. The molecule has 0 bridgehead atoms. The molecule has 0 radical (unpaired) electrons. The molecule has 1 aromatic rings. The second-order valence-electron chi connectivity index (χ2n) is 2.73. The highest BCUT2D eigenvalue weighted by atomic mass is 16.5. The van der Waals surface area contributed by atoms with E-state index in [1.165, 1.54) is 6.07 Å². The quantitative estimate of drug-likeness (QED) is 0.699. The Labute approximate surface area is 65.4 Å². The average molecular weight is 156 g/mol. The molecule has 4 nitrogen and oxygen atoms in total. The van der Waals surface area contributed by atoms with Crippen molar-refractivity contribution in [3.63, 3.8) is 0 Å². The summed E-state index contributed by atoms with van der Waals surface area (Å²) in [4.78, 5) is 1.88. The second kappa shape index (κ2) is 2.82. The van der Waals surface area contributed by atoms with Crippen molar-refractivity contribution >= 4 is 5.88 Å². The summed E-state index contributed by atoms with van der Waals surface area (Å²) in [6.07, 6.45) is 0. The Morgan fingerprint density at radius 2 is 2.27 bits per heavy atom. The van der Waals surface area contributed by atoms with Gasteiger partial charge in [-0.25, -0.2) is 0 Å². The number of hydrogen-bond acceptors (Lipinski definition) is 4. The fourth-order valence-electron chi connectivity index (χ4n) is 0.677. The molecule has 0 spiro atoms. The van der Waals surface area contributed by atoms with Gasteiger partial charge in [0.05, 0.1) is 6.07 Å². The van der Waals surface area contributed by atoms with E-state index in [0.717, 1.165) is 0 Å². The van der Waals surface area contributed by atoms with Crippen LogP contribution in [0.1, 0.15) is 13.8 Å². The fourth-order valence-corrected chi connectivity index (χ4v) is 0.677. The first kappa shape index (κ1) is 7.91. The van der Waals surface area contributed by atoms with Gasteiger partial charge in [0.2, 0.25) is 5.88 Å². The van der Waals surface area contributed by atoms with Crippen LogP contribution < -0.4 is 4.90 Å². The molecule has 1 rings (SSSR count). The lowest BCUT2D eigenvalue weighted by atomic mass is 10.3. The number of aromatic hydroxyl groups is 1. The summed E-state index contributed by atoms with van der Waals surface area (Å²) in [5.41, 5.74) is 0. The molecule has 4 heteroatoms. The number of nitrogens with zero attached hydrogens (tertiary/aromatic N) is 2. The molecule has 0 aliphatic heterocycles. The Morgan fingerprint density at radius 1 is 1.64 bits per heavy atom. The largest absolute Gasteiger partial charge is 0.491 e. The smallest absolute Gasteiger partial charge is 0.253 e. The fraction of sp³-hybridized carbons (Fsp3) is 0.571. The van der Waals surface area contributed by atoms with Crippen molar-refractivity contribution in [3.05, 3.63) is 6.07 Å². The molecule has 1 aromatic heterocycles. The van der Waals surface area contributed by atoms with E-state index in [1.807, 2.05) is 25.8 Å². The Hall–Kier alpha value is -1.19. The van der Waals surface area contributed by atoms with Crippen LogP contribution in [-0.2, 0) is 0 Å². The first-order valence-electron chi connectivity index (χ1n) is 3.49. The maximum Gasteiger partial charge on any atom is 0.253 e. The maximum atomic E-state index is 8.85. The number of hydrogen-bond donors (Lipinski definition) is 1. The van der Waals surface area contributed by atoms with Crippen LogP contribution in [0.5, 0.6) is 5.88 Å². The minimum Gasteiger partial charge on any atom is -0.491 e. The predicted molar refractivity (Wildman–Crippen MR) is 41.7 cm³/mol. The van der Waals surface area contributed by atoms with Crippen LogP contribution in [0.4, 0.5) is 5.88 Å². The maximum absolute atomic E-state index is 8.85. The summed E-state index contributed by atoms with van der Waals surface area (Å²) in [6.45, 7) is 4.05. The van der Waals surface area contributed by atoms with Gasteiger partial charge in [-0.3, -0.25) is 0 Å². The van der Waals surface area contributed by atoms with Crippen molar-refractivity contribution in [2.24, 2.45) is 0 Å². The zero-order valence-electron chi connectivity index (χ0n) is 6.90. The summed E-state index contributed by atoms with van der Waals surface area (Å²) in [7, 11) is 1.88. The SMILES string of the molecule is CC(C)N(C)c1cc(O)no1. The molecule has 1 N–H and O–H groups in total. The van der Waals surface area contributed by atoms with Crippen molar-refractivity contribution in [2.75, 3.05) is 11.9 Å². The lowest BCUT2D eigenvalue weighted by Crippen LogP contribution is -2.24. The van der Waals surface area contributed by atoms with E-state index in [-0.39, 0.29) is 5.88 Å². The number of anilines is 1. The monoisotopic (exact) mass is 156 g/mol. The first-order valence-corrected chi connectivity index (χ1v) is 3.49. The van der Waals surface area contributed by atoms with Gasteiger partial charge in [-0.1, -0.05) is 0 Å². The van der Waals surface area contributed by atoms with Crippen LogP contribution in [0, 0.1) is 0 Å². The molecule has 1 heterocycles. The van der Waals surface area contributed by atoms with E-state index < -0.39 is 0 Å². The van der Waals surface area contributed by atoms with Crippen LogP contribution in [0.3, 0.4) is 0 Å². The Balaban J connectivity index is 2.76. The highest BCUT2D eigenvalue weighted by molar-refractivity contribution is 5.37. The number of aromatic nitrogens is 1. The Kier molecular flexibility index (Phi) is 2.03. The summed E-state index contributed by atoms with van der Waals surface area (Å²) >= 11 is 0. The highest BCUT2D eigenvalue weighted by Gasteiger charge is 2.09. The third kappa shape index (κ3) is 1.63. The number of rotatable bonds is 2. The minimum absolute atomic E-state index is 0.0764. The van der Waals surface area contributed by atoms with Crippen LogP contribution in [0.25, 0.3) is 0 Å². The zero-order chi connectivity index (χ0) is 8.43. The molecular weight excluding hydrogens is 144 g/mol. The lowest BCUT2D eigenvalue weighted by Gasteiger charge is -2.18. The first-order chi connectivity index (χ1) is 5.11. The van der Waals surface area contributed by atoms with Gasteiger partial charge in [-0.05, 0) is 19.0 Å². The van der Waals surface area contributed by atoms with Crippen LogP contribution in [0.2, 0.25) is 0 Å². The van der Waals surface area contributed by atoms with Gasteiger partial charge in [0.25, 0.3) is 5.88 Å². The average Bonchev–Trinajstić information content (AvgIpc) is 2.34. The van der Waals surface area contributed by atoms with Gasteiger partial charge in [0.1, 0.15) is 0 Å². The lowest BCUT2D eigenvalue weighted by molar-refractivity contribution is 0.359. The molecule has 0 atom stereocenters. The minimum atomic E-state index is -0.0764. The van der Waals surface area contributed by atoms with Gasteiger partial charge in [-0.2, -0.15) is 0 Å². The molecule has 0 aliphatic carbocycles. The van der Waals surface area contributed by atoms with Gasteiger partial charge < -0.3 is 14.5 Å². The molecule has 0 unspecified atom stereocenters. The van der Waals surface area contributed by atoms with Crippen molar-refractivity contribution in [1.82, 2.24) is 5.16 Å². The summed E-state index contributed by atoms with van der Waals surface area (Å²) < 4.78 is 4.81. The van der Waals surface area contributed by atoms with Gasteiger partial charge in [0, 0.05) is 13.1 Å². The van der Waals surface area contributed by atoms with Crippen LogP contribution >= 0.6 is 0 Å². The van der Waals surface area contributed by atoms with E-state index >= 15 is 0 Å². The predicted octanol–water partition coefficient (Wildman–Crippen LogP) is 1.22. The van der Waals surface area contributed by atoms with Crippen LogP contribution in [0.15, 0.2) is 10.6 Å². The van der Waals surface area contributed by atoms with E-state index in [4.69, 9.17) is 9.63 Å². The summed E-state index contributed by atoms with van der Waals surface area (Å²) in [5, 5.41) is 12.2. The van der Waals surface area contributed by atoms with Crippen molar-refractivity contribution in [3.8, 4) is 5.88 Å². The Morgan fingerprint density at radius 3 is 2.64 bits per heavy atom. The molecule has 0 fully saturated rings. The molecule has 0 amide bonds. The normalized spacial score (nSPS) is 10.5. The third-order valence-electron chi connectivity index (χ3n) is 1.61. The molecular formula is C7H12N2O2. The molecule has 0 saturated heterocycles. The Bertz CT molecular complexity index is 232. The van der Waals surface area contributed by atoms with Crippen molar-refractivity contribution in [1.29, 1.82) is 0 Å². The van der Waals surface area contributed by atoms with E-state index in [2.05, 4.69) is 5.16 Å². The summed E-state index contributed by atoms with van der Waals surface area (Å²) in [5.74, 6) is 0.505. The highest BCUT2D eigenvalue weighted by Crippen LogP contribution is 2.19. The van der Waals surface area contributed by atoms with E-state index in [0.29, 0.717) is 11.9 Å². The molecule has 0 aromatic carbocycles.